The highest BCUT2D eigenvalue weighted by Crippen LogP contribution is 2.17. The Morgan fingerprint density at radius 2 is 2.12 bits per heavy atom. The smallest absolute Gasteiger partial charge is 0.356 e. The molecule has 0 amide bonds. The molecule has 6 heteroatoms. The Morgan fingerprint density at radius 3 is 2.62 bits per heavy atom. The van der Waals surface area contributed by atoms with E-state index in [1.807, 2.05) is 0 Å². The fourth-order valence-corrected chi connectivity index (χ4v) is 1.34. The number of esters is 1. The first-order chi connectivity index (χ1) is 7.63. The lowest BCUT2D eigenvalue weighted by atomic mass is 10.3. The van der Waals surface area contributed by atoms with Gasteiger partial charge in [-0.15, -0.1) is 0 Å². The van der Waals surface area contributed by atoms with Crippen molar-refractivity contribution >= 4 is 5.97 Å². The Balaban J connectivity index is 2.92. The van der Waals surface area contributed by atoms with Crippen molar-refractivity contribution in [2.24, 2.45) is 7.05 Å². The summed E-state index contributed by atoms with van der Waals surface area (Å²) in [6.45, 7) is 2.08. The second kappa shape index (κ2) is 5.62. The first-order valence-corrected chi connectivity index (χ1v) is 4.90. The standard InChI is InChI=1S/C10H16N2O4/c1-5-16-9(13)8-6-7(11-12(8)2)10(14-3)15-4/h6,10H,5H2,1-4H3. The molecule has 1 heterocycles. The van der Waals surface area contributed by atoms with Crippen molar-refractivity contribution in [1.82, 2.24) is 9.78 Å². The molecular formula is C10H16N2O4. The molecule has 16 heavy (non-hydrogen) atoms. The molecule has 0 atom stereocenters. The second-order valence-electron chi connectivity index (χ2n) is 3.10. The summed E-state index contributed by atoms with van der Waals surface area (Å²) < 4.78 is 16.4. The zero-order valence-corrected chi connectivity index (χ0v) is 9.89. The van der Waals surface area contributed by atoms with Gasteiger partial charge in [0, 0.05) is 21.3 Å². The average Bonchev–Trinajstić information content (AvgIpc) is 2.63. The van der Waals surface area contributed by atoms with E-state index in [-0.39, 0.29) is 0 Å². The van der Waals surface area contributed by atoms with Crippen molar-refractivity contribution in [3.8, 4) is 0 Å². The van der Waals surface area contributed by atoms with E-state index >= 15 is 0 Å². The number of rotatable bonds is 5. The Labute approximate surface area is 94.1 Å². The van der Waals surface area contributed by atoms with Gasteiger partial charge < -0.3 is 14.2 Å². The Morgan fingerprint density at radius 1 is 1.50 bits per heavy atom. The highest BCUT2D eigenvalue weighted by Gasteiger charge is 2.19. The first kappa shape index (κ1) is 12.7. The zero-order valence-electron chi connectivity index (χ0n) is 9.89. The van der Waals surface area contributed by atoms with E-state index in [1.165, 1.54) is 18.9 Å². The molecule has 0 aliphatic rings. The SMILES string of the molecule is CCOC(=O)c1cc(C(OC)OC)nn1C. The van der Waals surface area contributed by atoms with Gasteiger partial charge in [0.2, 0.25) is 6.29 Å². The van der Waals surface area contributed by atoms with Crippen LogP contribution in [0.5, 0.6) is 0 Å². The topological polar surface area (TPSA) is 62.6 Å². The van der Waals surface area contributed by atoms with Crippen molar-refractivity contribution in [3.63, 3.8) is 0 Å². The minimum atomic E-state index is -0.575. The van der Waals surface area contributed by atoms with Crippen molar-refractivity contribution in [2.45, 2.75) is 13.2 Å². The molecule has 0 saturated carbocycles. The Kier molecular flexibility index (Phi) is 4.45. The van der Waals surface area contributed by atoms with Gasteiger partial charge in [-0.2, -0.15) is 5.10 Å². The number of hydrogen-bond donors (Lipinski definition) is 0. The molecule has 0 N–H and O–H groups in total. The lowest BCUT2D eigenvalue weighted by molar-refractivity contribution is -0.108. The largest absolute Gasteiger partial charge is 0.461 e. The molecule has 0 saturated heterocycles. The summed E-state index contributed by atoms with van der Waals surface area (Å²) in [6.07, 6.45) is -0.575. The van der Waals surface area contributed by atoms with Crippen LogP contribution in [-0.4, -0.2) is 36.6 Å². The molecule has 1 aromatic rings. The van der Waals surface area contributed by atoms with Gasteiger partial charge in [-0.05, 0) is 13.0 Å². The Hall–Kier alpha value is -1.40. The summed E-state index contributed by atoms with van der Waals surface area (Å²) in [5, 5.41) is 4.12. The van der Waals surface area contributed by atoms with Crippen LogP contribution in [0.4, 0.5) is 0 Å². The summed E-state index contributed by atoms with van der Waals surface area (Å²) in [7, 11) is 4.68. The highest BCUT2D eigenvalue weighted by atomic mass is 16.7. The van der Waals surface area contributed by atoms with E-state index in [9.17, 15) is 4.79 Å². The lowest BCUT2D eigenvalue weighted by Crippen LogP contribution is -2.10. The molecule has 0 fully saturated rings. The number of ether oxygens (including phenoxy) is 3. The van der Waals surface area contributed by atoms with Crippen molar-refractivity contribution < 1.29 is 19.0 Å². The van der Waals surface area contributed by atoms with E-state index in [0.29, 0.717) is 18.0 Å². The van der Waals surface area contributed by atoms with Crippen LogP contribution >= 0.6 is 0 Å². The van der Waals surface area contributed by atoms with Gasteiger partial charge in [-0.25, -0.2) is 4.79 Å². The summed E-state index contributed by atoms with van der Waals surface area (Å²) >= 11 is 0. The van der Waals surface area contributed by atoms with Crippen LogP contribution in [0, 0.1) is 0 Å². The van der Waals surface area contributed by atoms with Crippen molar-refractivity contribution in [1.29, 1.82) is 0 Å². The normalized spacial score (nSPS) is 10.8. The molecule has 0 radical (unpaired) electrons. The third-order valence-corrected chi connectivity index (χ3v) is 2.05. The first-order valence-electron chi connectivity index (χ1n) is 4.90. The van der Waals surface area contributed by atoms with E-state index in [0.717, 1.165) is 0 Å². The van der Waals surface area contributed by atoms with E-state index < -0.39 is 12.3 Å². The third kappa shape index (κ3) is 2.59. The van der Waals surface area contributed by atoms with Crippen LogP contribution < -0.4 is 0 Å². The molecule has 0 spiro atoms. The number of carbonyl (C=O) groups excluding carboxylic acids is 1. The van der Waals surface area contributed by atoms with Gasteiger partial charge in [-0.1, -0.05) is 0 Å². The minimum absolute atomic E-state index is 0.331. The minimum Gasteiger partial charge on any atom is -0.461 e. The monoisotopic (exact) mass is 228 g/mol. The van der Waals surface area contributed by atoms with Gasteiger partial charge in [-0.3, -0.25) is 4.68 Å². The van der Waals surface area contributed by atoms with Crippen LogP contribution in [0.15, 0.2) is 6.07 Å². The second-order valence-corrected chi connectivity index (χ2v) is 3.10. The molecule has 1 aromatic heterocycles. The van der Waals surface area contributed by atoms with Gasteiger partial charge in [0.25, 0.3) is 0 Å². The fourth-order valence-electron chi connectivity index (χ4n) is 1.34. The molecule has 0 bridgehead atoms. The van der Waals surface area contributed by atoms with E-state index in [2.05, 4.69) is 5.10 Å². The predicted octanol–water partition coefficient (Wildman–Crippen LogP) is 0.888. The highest BCUT2D eigenvalue weighted by molar-refractivity contribution is 5.87. The molecule has 0 aliphatic carbocycles. The van der Waals surface area contributed by atoms with Crippen molar-refractivity contribution in [3.05, 3.63) is 17.5 Å². The molecule has 6 nitrogen and oxygen atoms in total. The van der Waals surface area contributed by atoms with Crippen LogP contribution in [0.25, 0.3) is 0 Å². The van der Waals surface area contributed by atoms with Crippen LogP contribution in [0.2, 0.25) is 0 Å². The maximum Gasteiger partial charge on any atom is 0.356 e. The van der Waals surface area contributed by atoms with Crippen LogP contribution in [0.1, 0.15) is 29.4 Å². The van der Waals surface area contributed by atoms with Gasteiger partial charge in [0.05, 0.1) is 6.61 Å². The number of carbonyl (C=O) groups is 1. The van der Waals surface area contributed by atoms with Crippen LogP contribution in [0.3, 0.4) is 0 Å². The maximum absolute atomic E-state index is 11.5. The molecular weight excluding hydrogens is 212 g/mol. The maximum atomic E-state index is 11.5. The average molecular weight is 228 g/mol. The van der Waals surface area contributed by atoms with E-state index in [1.54, 1.807) is 20.0 Å². The molecule has 0 aliphatic heterocycles. The number of nitrogens with zero attached hydrogens (tertiary/aromatic N) is 2. The number of aryl methyl sites for hydroxylation is 1. The molecule has 0 aromatic carbocycles. The third-order valence-electron chi connectivity index (χ3n) is 2.05. The molecule has 90 valence electrons. The summed E-state index contributed by atoms with van der Waals surface area (Å²) in [4.78, 5) is 11.5. The number of hydrogen-bond acceptors (Lipinski definition) is 5. The fraction of sp³-hybridized carbons (Fsp3) is 0.600. The van der Waals surface area contributed by atoms with E-state index in [4.69, 9.17) is 14.2 Å². The number of methoxy groups -OCH3 is 2. The lowest BCUT2D eigenvalue weighted by Gasteiger charge is -2.09. The summed E-state index contributed by atoms with van der Waals surface area (Å²) in [6, 6.07) is 1.59. The van der Waals surface area contributed by atoms with Crippen LogP contribution in [-0.2, 0) is 21.3 Å². The van der Waals surface area contributed by atoms with Gasteiger partial charge in [0.1, 0.15) is 11.4 Å². The summed E-state index contributed by atoms with van der Waals surface area (Å²) in [5.41, 5.74) is 0.909. The van der Waals surface area contributed by atoms with Gasteiger partial charge >= 0.3 is 5.97 Å². The Bertz CT molecular complexity index is 358. The quantitative estimate of drug-likeness (QED) is 0.553. The molecule has 1 rings (SSSR count). The summed E-state index contributed by atoms with van der Waals surface area (Å²) in [5.74, 6) is -0.408. The van der Waals surface area contributed by atoms with Gasteiger partial charge in [0.15, 0.2) is 0 Å². The zero-order chi connectivity index (χ0) is 12.1. The number of aromatic nitrogens is 2. The molecule has 0 unspecified atom stereocenters. The van der Waals surface area contributed by atoms with Crippen molar-refractivity contribution in [2.75, 3.05) is 20.8 Å². The predicted molar refractivity (Wildman–Crippen MR) is 55.9 cm³/mol.